The standard InChI is InChI=1S/C31H27N5O/c1-23-19-31(33-36(23)27-14-7-4-8-15-27)25-11-9-17-29(20-25)37-30-18-10-16-28(21-30)35-22-34(24(2)32-35)26-12-5-3-6-13-26/h3-21H,22H2,1-2H3. The molecule has 0 spiro atoms. The third kappa shape index (κ3) is 4.69. The first kappa shape index (κ1) is 22.6. The number of hydrogen-bond acceptors (Lipinski definition) is 5. The van der Waals surface area contributed by atoms with Crippen LogP contribution in [-0.4, -0.2) is 22.3 Å². The van der Waals surface area contributed by atoms with Crippen LogP contribution in [0.1, 0.15) is 12.6 Å². The number of aromatic nitrogens is 2. The minimum Gasteiger partial charge on any atom is -0.457 e. The monoisotopic (exact) mass is 485 g/mol. The molecule has 37 heavy (non-hydrogen) atoms. The van der Waals surface area contributed by atoms with Gasteiger partial charge in [0.1, 0.15) is 24.0 Å². The summed E-state index contributed by atoms with van der Waals surface area (Å²) in [4.78, 5) is 2.19. The molecule has 4 aromatic carbocycles. The smallest absolute Gasteiger partial charge is 0.129 e. The highest BCUT2D eigenvalue weighted by molar-refractivity contribution is 5.98. The van der Waals surface area contributed by atoms with Crippen LogP contribution in [0.3, 0.4) is 0 Å². The minimum absolute atomic E-state index is 0.651. The maximum Gasteiger partial charge on any atom is 0.129 e. The SMILES string of the molecule is CC1=NN(c2cccc(Oc3cccc(-c4cc(C)n(-c5ccccc5)n4)c3)c2)CN1c1ccccc1. The molecule has 0 aliphatic carbocycles. The summed E-state index contributed by atoms with van der Waals surface area (Å²) in [5, 5.41) is 11.6. The molecule has 5 aromatic rings. The number of hydrogen-bond donors (Lipinski definition) is 0. The molecule has 0 unspecified atom stereocenters. The zero-order chi connectivity index (χ0) is 25.2. The van der Waals surface area contributed by atoms with Gasteiger partial charge in [-0.25, -0.2) is 9.69 Å². The van der Waals surface area contributed by atoms with E-state index in [9.17, 15) is 0 Å². The van der Waals surface area contributed by atoms with Crippen molar-refractivity contribution in [3.63, 3.8) is 0 Å². The maximum absolute atomic E-state index is 6.28. The normalized spacial score (nSPS) is 13.1. The molecule has 0 bridgehead atoms. The van der Waals surface area contributed by atoms with Gasteiger partial charge in [0.2, 0.25) is 0 Å². The van der Waals surface area contributed by atoms with Crippen LogP contribution in [0.25, 0.3) is 16.9 Å². The summed E-state index contributed by atoms with van der Waals surface area (Å²) in [5.74, 6) is 2.47. The van der Waals surface area contributed by atoms with Crippen molar-refractivity contribution >= 4 is 17.2 Å². The Balaban J connectivity index is 1.21. The van der Waals surface area contributed by atoms with Gasteiger partial charge in [-0.1, -0.05) is 54.6 Å². The quantitative estimate of drug-likeness (QED) is 0.254. The lowest BCUT2D eigenvalue weighted by atomic mass is 10.1. The van der Waals surface area contributed by atoms with Gasteiger partial charge < -0.3 is 9.64 Å². The van der Waals surface area contributed by atoms with Crippen LogP contribution in [0, 0.1) is 6.92 Å². The van der Waals surface area contributed by atoms with E-state index < -0.39 is 0 Å². The fourth-order valence-corrected chi connectivity index (χ4v) is 4.52. The van der Waals surface area contributed by atoms with Gasteiger partial charge in [-0.3, -0.25) is 0 Å². The van der Waals surface area contributed by atoms with Gasteiger partial charge in [0.15, 0.2) is 0 Å². The van der Waals surface area contributed by atoms with Crippen LogP contribution in [-0.2, 0) is 0 Å². The highest BCUT2D eigenvalue weighted by Crippen LogP contribution is 2.31. The Morgan fingerprint density at radius 3 is 2.05 bits per heavy atom. The first-order chi connectivity index (χ1) is 18.1. The average Bonchev–Trinajstić information content (AvgIpc) is 3.53. The molecule has 0 saturated carbocycles. The molecule has 0 atom stereocenters. The van der Waals surface area contributed by atoms with E-state index in [4.69, 9.17) is 14.9 Å². The fourth-order valence-electron chi connectivity index (χ4n) is 4.52. The van der Waals surface area contributed by atoms with E-state index in [1.54, 1.807) is 0 Å². The molecule has 0 radical (unpaired) electrons. The van der Waals surface area contributed by atoms with Crippen molar-refractivity contribution in [2.75, 3.05) is 16.6 Å². The van der Waals surface area contributed by atoms with Gasteiger partial charge in [-0.2, -0.15) is 10.2 Å². The third-order valence-electron chi connectivity index (χ3n) is 6.37. The molecule has 6 heteroatoms. The number of hydrazone groups is 1. The number of nitrogens with zero attached hydrogens (tertiary/aromatic N) is 5. The van der Waals surface area contributed by atoms with Crippen molar-refractivity contribution < 1.29 is 4.74 Å². The van der Waals surface area contributed by atoms with Crippen LogP contribution >= 0.6 is 0 Å². The summed E-state index contributed by atoms with van der Waals surface area (Å²) >= 11 is 0. The molecule has 6 nitrogen and oxygen atoms in total. The van der Waals surface area contributed by atoms with Crippen molar-refractivity contribution in [3.8, 4) is 28.4 Å². The zero-order valence-corrected chi connectivity index (χ0v) is 20.8. The Hall–Kier alpha value is -4.84. The van der Waals surface area contributed by atoms with Gasteiger partial charge >= 0.3 is 0 Å². The molecule has 1 aromatic heterocycles. The van der Waals surface area contributed by atoms with Gasteiger partial charge in [-0.15, -0.1) is 0 Å². The molecule has 0 fully saturated rings. The molecule has 0 saturated heterocycles. The molecule has 2 heterocycles. The predicted octanol–water partition coefficient (Wildman–Crippen LogP) is 7.26. The Kier molecular flexibility index (Phi) is 5.91. The predicted molar refractivity (Wildman–Crippen MR) is 150 cm³/mol. The maximum atomic E-state index is 6.28. The van der Waals surface area contributed by atoms with Gasteiger partial charge in [-0.05, 0) is 68.4 Å². The van der Waals surface area contributed by atoms with E-state index in [1.807, 2.05) is 95.5 Å². The van der Waals surface area contributed by atoms with Crippen LogP contribution in [0.15, 0.2) is 120 Å². The summed E-state index contributed by atoms with van der Waals surface area (Å²) < 4.78 is 8.24. The van der Waals surface area contributed by atoms with Gasteiger partial charge in [0, 0.05) is 23.0 Å². The lowest BCUT2D eigenvalue weighted by Gasteiger charge is -2.20. The van der Waals surface area contributed by atoms with E-state index in [1.165, 1.54) is 0 Å². The highest BCUT2D eigenvalue weighted by atomic mass is 16.5. The number of aryl methyl sites for hydroxylation is 1. The van der Waals surface area contributed by atoms with Crippen molar-refractivity contribution in [2.45, 2.75) is 13.8 Å². The Morgan fingerprint density at radius 2 is 1.30 bits per heavy atom. The minimum atomic E-state index is 0.651. The lowest BCUT2D eigenvalue weighted by Crippen LogP contribution is -2.29. The highest BCUT2D eigenvalue weighted by Gasteiger charge is 2.22. The molecule has 6 rings (SSSR count). The summed E-state index contributed by atoms with van der Waals surface area (Å²) in [7, 11) is 0. The summed E-state index contributed by atoms with van der Waals surface area (Å²) in [6.07, 6.45) is 0. The van der Waals surface area contributed by atoms with Gasteiger partial charge in [0.25, 0.3) is 0 Å². The number of para-hydroxylation sites is 2. The molecular weight excluding hydrogens is 458 g/mol. The van der Waals surface area contributed by atoms with Crippen molar-refractivity contribution in [3.05, 3.63) is 121 Å². The van der Waals surface area contributed by atoms with Crippen molar-refractivity contribution in [1.82, 2.24) is 9.78 Å². The second kappa shape index (κ2) is 9.66. The van der Waals surface area contributed by atoms with Crippen LogP contribution in [0.4, 0.5) is 11.4 Å². The largest absolute Gasteiger partial charge is 0.457 e. The van der Waals surface area contributed by atoms with E-state index in [0.717, 1.165) is 51.3 Å². The number of anilines is 2. The third-order valence-corrected chi connectivity index (χ3v) is 6.37. The average molecular weight is 486 g/mol. The van der Waals surface area contributed by atoms with Gasteiger partial charge in [0.05, 0.1) is 17.1 Å². The Labute approximate surface area is 216 Å². The number of amidine groups is 1. The molecular formula is C31H27N5O. The van der Waals surface area contributed by atoms with Crippen LogP contribution in [0.5, 0.6) is 11.5 Å². The fraction of sp³-hybridized carbons (Fsp3) is 0.0968. The molecule has 0 N–H and O–H groups in total. The Bertz CT molecular complexity index is 1560. The number of benzene rings is 4. The second-order valence-electron chi connectivity index (χ2n) is 9.00. The van der Waals surface area contributed by atoms with E-state index in [2.05, 4.69) is 48.2 Å². The van der Waals surface area contributed by atoms with E-state index >= 15 is 0 Å². The first-order valence-corrected chi connectivity index (χ1v) is 12.3. The number of ether oxygens (including phenoxy) is 1. The molecule has 182 valence electrons. The number of rotatable bonds is 6. The van der Waals surface area contributed by atoms with Crippen LogP contribution < -0.4 is 14.6 Å². The van der Waals surface area contributed by atoms with E-state index in [0.29, 0.717) is 6.67 Å². The van der Waals surface area contributed by atoms with Crippen molar-refractivity contribution in [2.24, 2.45) is 5.10 Å². The first-order valence-electron chi connectivity index (χ1n) is 12.3. The lowest BCUT2D eigenvalue weighted by molar-refractivity contribution is 0.483. The Morgan fingerprint density at radius 1 is 0.649 bits per heavy atom. The van der Waals surface area contributed by atoms with Crippen molar-refractivity contribution in [1.29, 1.82) is 0 Å². The second-order valence-corrected chi connectivity index (χ2v) is 9.00. The van der Waals surface area contributed by atoms with E-state index in [-0.39, 0.29) is 0 Å². The summed E-state index contributed by atoms with van der Waals surface area (Å²) in [6.45, 7) is 4.74. The molecule has 1 aliphatic rings. The summed E-state index contributed by atoms with van der Waals surface area (Å²) in [5.41, 5.74) is 6.13. The molecule has 1 aliphatic heterocycles. The summed E-state index contributed by atoms with van der Waals surface area (Å²) in [6, 6.07) is 38.6. The molecule has 0 amide bonds. The topological polar surface area (TPSA) is 45.9 Å². The van der Waals surface area contributed by atoms with Crippen LogP contribution in [0.2, 0.25) is 0 Å². The zero-order valence-electron chi connectivity index (χ0n) is 20.8.